The Hall–Kier alpha value is -1.13. The number of benzene rings is 1. The van der Waals surface area contributed by atoms with E-state index in [0.29, 0.717) is 5.92 Å². The van der Waals surface area contributed by atoms with E-state index in [1.165, 1.54) is 6.07 Å². The number of piperidine rings is 1. The van der Waals surface area contributed by atoms with Crippen LogP contribution >= 0.6 is 12.4 Å². The molecule has 3 nitrogen and oxygen atoms in total. The van der Waals surface area contributed by atoms with Crippen molar-refractivity contribution in [2.24, 2.45) is 0 Å². The van der Waals surface area contributed by atoms with Crippen molar-refractivity contribution in [2.75, 3.05) is 13.1 Å². The lowest BCUT2D eigenvalue weighted by Crippen LogP contribution is -2.31. The van der Waals surface area contributed by atoms with Gasteiger partial charge in [0.25, 0.3) is 5.91 Å². The molecule has 0 aromatic heterocycles. The van der Waals surface area contributed by atoms with Crippen LogP contribution in [0.2, 0.25) is 0 Å². The fraction of sp³-hybridized carbons (Fsp3) is 0.562. The van der Waals surface area contributed by atoms with Gasteiger partial charge in [-0.3, -0.25) is 4.79 Å². The Morgan fingerprint density at radius 3 is 2.48 bits per heavy atom. The summed E-state index contributed by atoms with van der Waals surface area (Å²) in [6.45, 7) is 7.49. The van der Waals surface area contributed by atoms with Gasteiger partial charge in [0.1, 0.15) is 5.82 Å². The molecule has 21 heavy (non-hydrogen) atoms. The van der Waals surface area contributed by atoms with Crippen molar-refractivity contribution in [3.8, 4) is 0 Å². The van der Waals surface area contributed by atoms with Crippen molar-refractivity contribution in [1.29, 1.82) is 0 Å². The molecule has 1 amide bonds. The first-order valence-corrected chi connectivity index (χ1v) is 7.30. The predicted molar refractivity (Wildman–Crippen MR) is 85.8 cm³/mol. The minimum Gasteiger partial charge on any atom is -0.350 e. The Balaban J connectivity index is 0.00000220. The van der Waals surface area contributed by atoms with E-state index in [1.807, 2.05) is 26.8 Å². The SMILES string of the molecule is Cc1cc(C2CCNCC2)cc(F)c1C(=O)NC(C)C.Cl. The van der Waals surface area contributed by atoms with Crippen LogP contribution in [0.4, 0.5) is 4.39 Å². The Morgan fingerprint density at radius 2 is 1.95 bits per heavy atom. The fourth-order valence-corrected chi connectivity index (χ4v) is 2.78. The van der Waals surface area contributed by atoms with E-state index in [0.717, 1.165) is 37.1 Å². The van der Waals surface area contributed by atoms with Crippen molar-refractivity contribution in [3.63, 3.8) is 0 Å². The number of carbonyl (C=O) groups is 1. The minimum absolute atomic E-state index is 0. The first-order chi connectivity index (χ1) is 9.49. The summed E-state index contributed by atoms with van der Waals surface area (Å²) in [6.07, 6.45) is 2.05. The maximum atomic E-state index is 14.3. The van der Waals surface area contributed by atoms with E-state index in [4.69, 9.17) is 0 Å². The quantitative estimate of drug-likeness (QED) is 0.900. The summed E-state index contributed by atoms with van der Waals surface area (Å²) >= 11 is 0. The van der Waals surface area contributed by atoms with Crippen molar-refractivity contribution in [2.45, 2.75) is 45.6 Å². The fourth-order valence-electron chi connectivity index (χ4n) is 2.78. The van der Waals surface area contributed by atoms with Gasteiger partial charge in [-0.2, -0.15) is 0 Å². The molecule has 0 aliphatic carbocycles. The van der Waals surface area contributed by atoms with Gasteiger partial charge in [-0.1, -0.05) is 6.07 Å². The van der Waals surface area contributed by atoms with Crippen molar-refractivity contribution in [1.82, 2.24) is 10.6 Å². The second-order valence-electron chi connectivity index (χ2n) is 5.85. The van der Waals surface area contributed by atoms with Crippen LogP contribution < -0.4 is 10.6 Å². The van der Waals surface area contributed by atoms with E-state index < -0.39 is 5.82 Å². The lowest BCUT2D eigenvalue weighted by molar-refractivity contribution is 0.0938. The Morgan fingerprint density at radius 1 is 1.33 bits per heavy atom. The number of halogens is 2. The summed E-state index contributed by atoms with van der Waals surface area (Å²) in [6, 6.07) is 3.51. The average molecular weight is 315 g/mol. The minimum atomic E-state index is -0.406. The molecule has 0 atom stereocenters. The van der Waals surface area contributed by atoms with Gasteiger partial charge in [0.15, 0.2) is 0 Å². The van der Waals surface area contributed by atoms with Crippen molar-refractivity contribution in [3.05, 3.63) is 34.6 Å². The van der Waals surface area contributed by atoms with Crippen LogP contribution in [0.15, 0.2) is 12.1 Å². The van der Waals surface area contributed by atoms with Crippen LogP contribution in [-0.2, 0) is 0 Å². The monoisotopic (exact) mass is 314 g/mol. The third-order valence-corrected chi connectivity index (χ3v) is 3.77. The van der Waals surface area contributed by atoms with Crippen LogP contribution in [0.3, 0.4) is 0 Å². The first kappa shape index (κ1) is 17.9. The maximum Gasteiger partial charge on any atom is 0.254 e. The third-order valence-electron chi connectivity index (χ3n) is 3.77. The molecule has 1 aliphatic heterocycles. The topological polar surface area (TPSA) is 41.1 Å². The molecule has 0 saturated carbocycles. The molecule has 118 valence electrons. The summed E-state index contributed by atoms with van der Waals surface area (Å²) in [4.78, 5) is 12.0. The average Bonchev–Trinajstić information content (AvgIpc) is 2.38. The van der Waals surface area contributed by atoms with Gasteiger partial charge in [-0.15, -0.1) is 12.4 Å². The predicted octanol–water partition coefficient (Wildman–Crippen LogP) is 3.16. The Bertz CT molecular complexity index is 476. The van der Waals surface area contributed by atoms with Gasteiger partial charge < -0.3 is 10.6 Å². The number of nitrogens with one attached hydrogen (secondary N) is 2. The molecule has 0 radical (unpaired) electrons. The van der Waals surface area contributed by atoms with E-state index in [1.54, 1.807) is 0 Å². The molecule has 1 saturated heterocycles. The number of aryl methyl sites for hydroxylation is 1. The molecule has 1 heterocycles. The zero-order valence-electron chi connectivity index (χ0n) is 12.8. The maximum absolute atomic E-state index is 14.3. The summed E-state index contributed by atoms with van der Waals surface area (Å²) in [5.41, 5.74) is 1.91. The smallest absolute Gasteiger partial charge is 0.254 e. The molecule has 2 rings (SSSR count). The summed E-state index contributed by atoms with van der Waals surface area (Å²) in [5, 5.41) is 6.06. The van der Waals surface area contributed by atoms with Gasteiger partial charge in [-0.05, 0) is 69.8 Å². The molecule has 1 fully saturated rings. The second-order valence-corrected chi connectivity index (χ2v) is 5.85. The van der Waals surface area contributed by atoms with Crippen LogP contribution in [0.25, 0.3) is 0 Å². The molecule has 5 heteroatoms. The van der Waals surface area contributed by atoms with E-state index >= 15 is 0 Å². The second kappa shape index (κ2) is 7.76. The first-order valence-electron chi connectivity index (χ1n) is 7.30. The molecule has 0 unspecified atom stereocenters. The highest BCUT2D eigenvalue weighted by Gasteiger charge is 2.21. The molecular weight excluding hydrogens is 291 g/mol. The summed E-state index contributed by atoms with van der Waals surface area (Å²) in [5.74, 6) is -0.338. The Kier molecular flexibility index (Phi) is 6.62. The molecule has 1 aromatic rings. The molecule has 1 aliphatic rings. The van der Waals surface area contributed by atoms with Gasteiger partial charge >= 0.3 is 0 Å². The van der Waals surface area contributed by atoms with Crippen LogP contribution in [-0.4, -0.2) is 25.0 Å². The molecular formula is C16H24ClFN2O. The van der Waals surface area contributed by atoms with E-state index in [-0.39, 0.29) is 29.9 Å². The molecule has 0 spiro atoms. The lowest BCUT2D eigenvalue weighted by atomic mass is 9.88. The Labute approximate surface area is 132 Å². The van der Waals surface area contributed by atoms with Gasteiger partial charge in [0.2, 0.25) is 0 Å². The molecule has 1 aromatic carbocycles. The number of rotatable bonds is 3. The largest absolute Gasteiger partial charge is 0.350 e. The summed E-state index contributed by atoms with van der Waals surface area (Å²) in [7, 11) is 0. The van der Waals surface area contributed by atoms with Gasteiger partial charge in [0.05, 0.1) is 5.56 Å². The normalized spacial score (nSPS) is 15.7. The van der Waals surface area contributed by atoms with E-state index in [2.05, 4.69) is 10.6 Å². The zero-order chi connectivity index (χ0) is 14.7. The van der Waals surface area contributed by atoms with Crippen LogP contribution in [0, 0.1) is 12.7 Å². The highest BCUT2D eigenvalue weighted by molar-refractivity contribution is 5.96. The van der Waals surface area contributed by atoms with Crippen LogP contribution in [0.1, 0.15) is 54.1 Å². The van der Waals surface area contributed by atoms with E-state index in [9.17, 15) is 9.18 Å². The van der Waals surface area contributed by atoms with Crippen LogP contribution in [0.5, 0.6) is 0 Å². The highest BCUT2D eigenvalue weighted by atomic mass is 35.5. The number of carbonyl (C=O) groups excluding carboxylic acids is 1. The van der Waals surface area contributed by atoms with Crippen molar-refractivity contribution < 1.29 is 9.18 Å². The standard InChI is InChI=1S/C16H23FN2O.ClH/c1-10(2)19-16(20)15-11(3)8-13(9-14(15)17)12-4-6-18-7-5-12;/h8-10,12,18H,4-7H2,1-3H3,(H,19,20);1H. The molecule has 2 N–H and O–H groups in total. The summed E-state index contributed by atoms with van der Waals surface area (Å²) < 4.78 is 14.3. The highest BCUT2D eigenvalue weighted by Crippen LogP contribution is 2.28. The third kappa shape index (κ3) is 4.42. The number of amides is 1. The van der Waals surface area contributed by atoms with Gasteiger partial charge in [0, 0.05) is 6.04 Å². The van der Waals surface area contributed by atoms with Gasteiger partial charge in [-0.25, -0.2) is 4.39 Å². The molecule has 0 bridgehead atoms. The number of hydrogen-bond donors (Lipinski definition) is 2. The number of hydrogen-bond acceptors (Lipinski definition) is 2. The van der Waals surface area contributed by atoms with Crippen molar-refractivity contribution >= 4 is 18.3 Å². The lowest BCUT2D eigenvalue weighted by Gasteiger charge is -2.24. The zero-order valence-corrected chi connectivity index (χ0v) is 13.6.